The van der Waals surface area contributed by atoms with Crippen LogP contribution < -0.4 is 0 Å². The minimum absolute atomic E-state index is 0.0628. The predicted molar refractivity (Wildman–Crippen MR) is 80.8 cm³/mol. The molecule has 2 N–H and O–H groups in total. The summed E-state index contributed by atoms with van der Waals surface area (Å²) in [5.74, 6) is -1.74. The number of carbonyl (C=O) groups is 3. The van der Waals surface area contributed by atoms with Gasteiger partial charge in [0.2, 0.25) is 0 Å². The second-order valence-corrected chi connectivity index (χ2v) is 6.67. The minimum atomic E-state index is -0.870. The molecule has 0 aliphatic carbocycles. The Morgan fingerprint density at radius 2 is 1.00 bits per heavy atom. The Kier molecular flexibility index (Phi) is 10.2. The van der Waals surface area contributed by atoms with Crippen LogP contribution in [0.4, 0.5) is 4.79 Å². The molecule has 0 radical (unpaired) electrons. The molecule has 0 rings (SSSR count). The van der Waals surface area contributed by atoms with Crippen LogP contribution in [0.1, 0.15) is 67.2 Å². The molecule has 7 nitrogen and oxygen atoms in total. The highest BCUT2D eigenvalue weighted by atomic mass is 16.7. The summed E-state index contributed by atoms with van der Waals surface area (Å²) in [6.45, 7) is 10.8. The number of hydrogen-bond acceptors (Lipinski definition) is 5. The second-order valence-electron chi connectivity index (χ2n) is 6.67. The highest BCUT2D eigenvalue weighted by Crippen LogP contribution is 2.13. The number of carboxylic acids is 2. The lowest BCUT2D eigenvalue weighted by Gasteiger charge is -2.24. The second kappa shape index (κ2) is 10.0. The van der Waals surface area contributed by atoms with Gasteiger partial charge < -0.3 is 19.7 Å². The summed E-state index contributed by atoms with van der Waals surface area (Å²) in [5, 5.41) is 16.3. The van der Waals surface area contributed by atoms with E-state index in [1.807, 2.05) is 0 Å². The van der Waals surface area contributed by atoms with E-state index in [0.717, 1.165) is 0 Å². The van der Waals surface area contributed by atoms with E-state index >= 15 is 0 Å². The van der Waals surface area contributed by atoms with Gasteiger partial charge in [0.1, 0.15) is 11.2 Å². The van der Waals surface area contributed by atoms with Crippen molar-refractivity contribution in [2.75, 3.05) is 0 Å². The lowest BCUT2D eigenvalue weighted by atomic mass is 10.2. The number of ether oxygens (including phenoxy) is 2. The van der Waals surface area contributed by atoms with Gasteiger partial charge in [-0.2, -0.15) is 0 Å². The van der Waals surface area contributed by atoms with Crippen LogP contribution in [0.3, 0.4) is 0 Å². The monoisotopic (exact) mass is 320 g/mol. The van der Waals surface area contributed by atoms with Crippen molar-refractivity contribution in [2.45, 2.75) is 78.4 Å². The van der Waals surface area contributed by atoms with Crippen LogP contribution in [0, 0.1) is 0 Å². The van der Waals surface area contributed by atoms with Crippen LogP contribution in [-0.4, -0.2) is 39.5 Å². The number of carboxylic acid groups (broad SMARTS) is 2. The summed E-state index contributed by atoms with van der Waals surface area (Å²) in [5.41, 5.74) is -0.968. The van der Waals surface area contributed by atoms with E-state index in [2.05, 4.69) is 0 Å². The van der Waals surface area contributed by atoms with Crippen molar-refractivity contribution in [2.24, 2.45) is 0 Å². The normalized spacial score (nSPS) is 11.0. The Morgan fingerprint density at radius 3 is 1.18 bits per heavy atom. The summed E-state index contributed by atoms with van der Waals surface area (Å²) < 4.78 is 9.91. The smallest absolute Gasteiger partial charge is 0.481 e. The van der Waals surface area contributed by atoms with Gasteiger partial charge in [0.05, 0.1) is 0 Å². The van der Waals surface area contributed by atoms with Crippen LogP contribution in [-0.2, 0) is 19.1 Å². The van der Waals surface area contributed by atoms with E-state index in [-0.39, 0.29) is 12.8 Å². The Labute approximate surface area is 131 Å². The topological polar surface area (TPSA) is 110 Å². The van der Waals surface area contributed by atoms with Crippen molar-refractivity contribution in [1.82, 2.24) is 0 Å². The number of rotatable bonds is 5. The molecule has 22 heavy (non-hydrogen) atoms. The molecule has 0 aliphatic heterocycles. The van der Waals surface area contributed by atoms with Gasteiger partial charge in [0.15, 0.2) is 0 Å². The molecule has 0 aromatic rings. The van der Waals surface area contributed by atoms with E-state index in [1.54, 1.807) is 41.5 Å². The summed E-state index contributed by atoms with van der Waals surface area (Å²) in [4.78, 5) is 30.8. The zero-order valence-corrected chi connectivity index (χ0v) is 14.3. The van der Waals surface area contributed by atoms with Gasteiger partial charge in [0.25, 0.3) is 0 Å². The van der Waals surface area contributed by atoms with Gasteiger partial charge >= 0.3 is 18.1 Å². The van der Waals surface area contributed by atoms with Crippen molar-refractivity contribution in [3.05, 3.63) is 0 Å². The Hall–Kier alpha value is -1.79. The molecule has 0 saturated carbocycles. The first kappa shape index (κ1) is 22.5. The summed E-state index contributed by atoms with van der Waals surface area (Å²) in [6, 6.07) is 0. The zero-order valence-electron chi connectivity index (χ0n) is 14.3. The summed E-state index contributed by atoms with van der Waals surface area (Å²) in [6.07, 6.45) is 0.402. The molecule has 0 fully saturated rings. The highest BCUT2D eigenvalue weighted by Gasteiger charge is 2.22. The van der Waals surface area contributed by atoms with Crippen LogP contribution in [0.25, 0.3) is 0 Å². The molecule has 0 heterocycles. The maximum atomic E-state index is 11.0. The molecule has 0 aliphatic rings. The van der Waals surface area contributed by atoms with Gasteiger partial charge in [-0.1, -0.05) is 0 Å². The molecule has 0 spiro atoms. The first-order valence-electron chi connectivity index (χ1n) is 7.08. The van der Waals surface area contributed by atoms with Crippen LogP contribution in [0.5, 0.6) is 0 Å². The van der Waals surface area contributed by atoms with Crippen LogP contribution >= 0.6 is 0 Å². The number of unbranched alkanes of at least 4 members (excludes halogenated alkanes) is 1. The molecule has 0 aromatic heterocycles. The fourth-order valence-electron chi connectivity index (χ4n) is 1.07. The molecule has 0 bridgehead atoms. The van der Waals surface area contributed by atoms with Gasteiger partial charge in [-0.3, -0.25) is 9.59 Å². The van der Waals surface area contributed by atoms with Crippen LogP contribution in [0.15, 0.2) is 0 Å². The third-order valence-electron chi connectivity index (χ3n) is 1.81. The summed E-state index contributed by atoms with van der Waals surface area (Å²) >= 11 is 0. The zero-order chi connectivity index (χ0) is 18.0. The average molecular weight is 320 g/mol. The fraction of sp³-hybridized carbons (Fsp3) is 0.800. The molecule has 0 amide bonds. The molecule has 130 valence electrons. The molecular weight excluding hydrogens is 292 g/mol. The average Bonchev–Trinajstić information content (AvgIpc) is 2.19. The number of hydrogen-bond donors (Lipinski definition) is 2. The van der Waals surface area contributed by atoms with Gasteiger partial charge in [-0.25, -0.2) is 4.79 Å². The maximum absolute atomic E-state index is 11.0. The third-order valence-corrected chi connectivity index (χ3v) is 1.81. The minimum Gasteiger partial charge on any atom is -0.481 e. The molecule has 7 heteroatoms. The molecule has 0 saturated heterocycles. The molecule has 0 aromatic carbocycles. The first-order valence-corrected chi connectivity index (χ1v) is 7.08. The Morgan fingerprint density at radius 1 is 0.727 bits per heavy atom. The van der Waals surface area contributed by atoms with Crippen molar-refractivity contribution in [3.63, 3.8) is 0 Å². The lowest BCUT2D eigenvalue weighted by molar-refractivity contribution is -0.139. The van der Waals surface area contributed by atoms with Crippen molar-refractivity contribution >= 4 is 18.1 Å². The third kappa shape index (κ3) is 23.3. The van der Waals surface area contributed by atoms with Gasteiger partial charge in [0, 0.05) is 12.8 Å². The maximum Gasteiger partial charge on any atom is 0.509 e. The first-order chi connectivity index (χ1) is 9.73. The highest BCUT2D eigenvalue weighted by molar-refractivity contribution is 5.67. The quantitative estimate of drug-likeness (QED) is 0.589. The van der Waals surface area contributed by atoms with Gasteiger partial charge in [-0.15, -0.1) is 0 Å². The number of carbonyl (C=O) groups excluding carboxylic acids is 1. The van der Waals surface area contributed by atoms with Crippen molar-refractivity contribution in [1.29, 1.82) is 0 Å². The molecule has 0 unspecified atom stereocenters. The van der Waals surface area contributed by atoms with E-state index in [4.69, 9.17) is 19.7 Å². The lowest BCUT2D eigenvalue weighted by Crippen LogP contribution is -2.30. The fourth-order valence-corrected chi connectivity index (χ4v) is 1.07. The largest absolute Gasteiger partial charge is 0.509 e. The molecule has 0 atom stereocenters. The Balaban J connectivity index is 0. The van der Waals surface area contributed by atoms with E-state index in [1.165, 1.54) is 0 Å². The number of aliphatic carboxylic acids is 2. The van der Waals surface area contributed by atoms with Crippen LogP contribution in [0.2, 0.25) is 0 Å². The van der Waals surface area contributed by atoms with Gasteiger partial charge in [-0.05, 0) is 54.4 Å². The Bertz CT molecular complexity index is 327. The summed E-state index contributed by atoms with van der Waals surface area (Å²) in [7, 11) is 0. The van der Waals surface area contributed by atoms with E-state index < -0.39 is 29.3 Å². The van der Waals surface area contributed by atoms with E-state index in [0.29, 0.717) is 12.8 Å². The standard InChI is InChI=1S/C9H18O3.C6H10O4/c1-8(2,3)11-7(10)12-9(4,5)6;7-5(8)3-1-2-4-6(9)10/h1-6H3;1-4H2,(H,7,8)(H,9,10). The molecular formula is C15H28O7. The van der Waals surface area contributed by atoms with E-state index in [9.17, 15) is 14.4 Å². The van der Waals surface area contributed by atoms with Crippen molar-refractivity contribution < 1.29 is 34.1 Å². The van der Waals surface area contributed by atoms with Crippen molar-refractivity contribution in [3.8, 4) is 0 Å². The predicted octanol–water partition coefficient (Wildman–Crippen LogP) is 3.45. The SMILES string of the molecule is CC(C)(C)OC(=O)OC(C)(C)C.O=C(O)CCCCC(=O)O.